The number of rotatable bonds is 55. The van der Waals surface area contributed by atoms with Crippen molar-refractivity contribution in [1.29, 1.82) is 0 Å². The quantitative estimate of drug-likeness (QED) is 0.0321. The minimum absolute atomic E-state index is 0.000583. The Kier molecular flexibility index (Phi) is 54.5. The van der Waals surface area contributed by atoms with E-state index in [0.717, 1.165) is 51.4 Å². The molecule has 0 aromatic rings. The first-order valence-corrected chi connectivity index (χ1v) is 29.6. The molecule has 0 saturated heterocycles. The van der Waals surface area contributed by atoms with Crippen molar-refractivity contribution in [3.63, 3.8) is 0 Å². The second-order valence-corrected chi connectivity index (χ2v) is 20.3. The highest BCUT2D eigenvalue weighted by molar-refractivity contribution is 5.76. The van der Waals surface area contributed by atoms with E-state index in [1.165, 1.54) is 244 Å². The van der Waals surface area contributed by atoms with Gasteiger partial charge in [-0.1, -0.05) is 276 Å². The van der Waals surface area contributed by atoms with Crippen LogP contribution in [0.15, 0.2) is 24.3 Å². The Morgan fingerprint density at radius 2 is 0.712 bits per heavy atom. The van der Waals surface area contributed by atoms with E-state index in [9.17, 15) is 19.8 Å². The molecule has 0 aromatic heterocycles. The van der Waals surface area contributed by atoms with Gasteiger partial charge in [-0.25, -0.2) is 0 Å². The Morgan fingerprint density at radius 3 is 1.08 bits per heavy atom. The average molecular weight is 931 g/mol. The Balaban J connectivity index is 3.43. The third-order valence-corrected chi connectivity index (χ3v) is 13.7. The third-order valence-electron chi connectivity index (χ3n) is 13.7. The fourth-order valence-corrected chi connectivity index (χ4v) is 9.16. The molecule has 2 unspecified atom stereocenters. The highest BCUT2D eigenvalue weighted by Crippen LogP contribution is 2.17. The molecular formula is C60H115NO5. The number of amides is 1. The minimum atomic E-state index is -0.850. The lowest BCUT2D eigenvalue weighted by Crippen LogP contribution is -2.45. The fourth-order valence-electron chi connectivity index (χ4n) is 9.16. The Bertz CT molecular complexity index is 1030. The number of hydrogen-bond acceptors (Lipinski definition) is 5. The molecule has 0 aliphatic carbocycles. The molecule has 0 aliphatic rings. The van der Waals surface area contributed by atoms with Gasteiger partial charge in [-0.15, -0.1) is 0 Å². The van der Waals surface area contributed by atoms with E-state index in [1.807, 2.05) is 6.08 Å². The maximum absolute atomic E-state index is 12.5. The standard InChI is InChI=1S/C60H115NO5/c1-3-5-7-9-11-13-15-17-19-20-21-22-26-30-34-38-42-46-50-54-60(65)66-55-51-47-43-39-35-31-27-23-25-29-33-37-41-45-49-53-59(64)61-57(56-62)58(63)52-48-44-40-36-32-28-24-18-16-14-12-10-8-6-4-2/h17,19,48,52,57-58,62-63H,3-16,18,20-47,49-51,53-56H2,1-2H3,(H,61,64)/b19-17-,52-48+. The van der Waals surface area contributed by atoms with Gasteiger partial charge in [0.1, 0.15) is 0 Å². The smallest absolute Gasteiger partial charge is 0.305 e. The summed E-state index contributed by atoms with van der Waals surface area (Å²) in [6.45, 7) is 4.90. The molecule has 0 bridgehead atoms. The van der Waals surface area contributed by atoms with E-state index in [0.29, 0.717) is 19.4 Å². The van der Waals surface area contributed by atoms with Crippen molar-refractivity contribution in [2.75, 3.05) is 13.2 Å². The van der Waals surface area contributed by atoms with Gasteiger partial charge in [0.15, 0.2) is 0 Å². The topological polar surface area (TPSA) is 95.9 Å². The first-order chi connectivity index (χ1) is 32.5. The molecule has 2 atom stereocenters. The lowest BCUT2D eigenvalue weighted by atomic mass is 10.0. The van der Waals surface area contributed by atoms with E-state index < -0.39 is 12.1 Å². The second kappa shape index (κ2) is 55.9. The zero-order valence-corrected chi connectivity index (χ0v) is 44.4. The number of unbranched alkanes of at least 4 members (excludes halogenated alkanes) is 42. The van der Waals surface area contributed by atoms with Crippen molar-refractivity contribution < 1.29 is 24.5 Å². The van der Waals surface area contributed by atoms with Gasteiger partial charge in [-0.05, 0) is 57.8 Å². The van der Waals surface area contributed by atoms with Crippen LogP contribution in [-0.2, 0) is 14.3 Å². The highest BCUT2D eigenvalue weighted by atomic mass is 16.5. The van der Waals surface area contributed by atoms with Crippen LogP contribution >= 0.6 is 0 Å². The van der Waals surface area contributed by atoms with Crippen LogP contribution in [0.3, 0.4) is 0 Å². The van der Waals surface area contributed by atoms with Crippen molar-refractivity contribution in [3.05, 3.63) is 24.3 Å². The molecule has 0 heterocycles. The largest absolute Gasteiger partial charge is 0.466 e. The minimum Gasteiger partial charge on any atom is -0.466 e. The van der Waals surface area contributed by atoms with E-state index in [2.05, 4.69) is 31.3 Å². The number of carbonyl (C=O) groups excluding carboxylic acids is 2. The van der Waals surface area contributed by atoms with Crippen molar-refractivity contribution >= 4 is 11.9 Å². The Morgan fingerprint density at radius 1 is 0.409 bits per heavy atom. The normalized spacial score (nSPS) is 12.7. The van der Waals surface area contributed by atoms with Crippen LogP contribution in [0.1, 0.15) is 322 Å². The van der Waals surface area contributed by atoms with Crippen molar-refractivity contribution in [3.8, 4) is 0 Å². The van der Waals surface area contributed by atoms with Gasteiger partial charge >= 0.3 is 5.97 Å². The highest BCUT2D eigenvalue weighted by Gasteiger charge is 2.18. The molecular weight excluding hydrogens is 815 g/mol. The zero-order valence-electron chi connectivity index (χ0n) is 44.4. The van der Waals surface area contributed by atoms with Crippen molar-refractivity contribution in [2.45, 2.75) is 334 Å². The molecule has 0 aliphatic heterocycles. The number of esters is 1. The summed E-state index contributed by atoms with van der Waals surface area (Å²) in [5, 5.41) is 23.1. The van der Waals surface area contributed by atoms with Crippen LogP contribution in [0.4, 0.5) is 0 Å². The molecule has 0 aromatic carbocycles. The molecule has 1 amide bonds. The van der Waals surface area contributed by atoms with E-state index >= 15 is 0 Å². The molecule has 6 heteroatoms. The van der Waals surface area contributed by atoms with Gasteiger partial charge < -0.3 is 20.3 Å². The van der Waals surface area contributed by atoms with Crippen molar-refractivity contribution in [2.24, 2.45) is 0 Å². The number of ether oxygens (including phenoxy) is 1. The van der Waals surface area contributed by atoms with E-state index in [1.54, 1.807) is 6.08 Å². The molecule has 66 heavy (non-hydrogen) atoms. The first kappa shape index (κ1) is 64.3. The van der Waals surface area contributed by atoms with Gasteiger partial charge in [0.05, 0.1) is 25.4 Å². The second-order valence-electron chi connectivity index (χ2n) is 20.3. The van der Waals surface area contributed by atoms with Gasteiger partial charge in [0.25, 0.3) is 0 Å². The molecule has 390 valence electrons. The van der Waals surface area contributed by atoms with Crippen LogP contribution in [0.2, 0.25) is 0 Å². The van der Waals surface area contributed by atoms with Gasteiger partial charge in [-0.2, -0.15) is 0 Å². The van der Waals surface area contributed by atoms with Crippen molar-refractivity contribution in [1.82, 2.24) is 5.32 Å². The van der Waals surface area contributed by atoms with Crippen LogP contribution in [0, 0.1) is 0 Å². The van der Waals surface area contributed by atoms with E-state index in [4.69, 9.17) is 4.74 Å². The summed E-state index contributed by atoms with van der Waals surface area (Å²) >= 11 is 0. The van der Waals surface area contributed by atoms with Crippen LogP contribution in [0.25, 0.3) is 0 Å². The fraction of sp³-hybridized carbons (Fsp3) is 0.900. The summed E-state index contributed by atoms with van der Waals surface area (Å²) in [6.07, 6.45) is 67.7. The molecule has 6 nitrogen and oxygen atoms in total. The summed E-state index contributed by atoms with van der Waals surface area (Å²) in [5.41, 5.74) is 0. The lowest BCUT2D eigenvalue weighted by molar-refractivity contribution is -0.143. The number of aliphatic hydroxyl groups is 2. The van der Waals surface area contributed by atoms with Gasteiger partial charge in [0, 0.05) is 12.8 Å². The molecule has 0 radical (unpaired) electrons. The van der Waals surface area contributed by atoms with Gasteiger partial charge in [-0.3, -0.25) is 9.59 Å². The first-order valence-electron chi connectivity index (χ1n) is 29.6. The number of hydrogen-bond donors (Lipinski definition) is 3. The third kappa shape index (κ3) is 51.7. The summed E-state index contributed by atoms with van der Waals surface area (Å²) in [6, 6.07) is -0.634. The predicted octanol–water partition coefficient (Wildman–Crippen LogP) is 18.2. The van der Waals surface area contributed by atoms with Gasteiger partial charge in [0.2, 0.25) is 5.91 Å². The average Bonchev–Trinajstić information content (AvgIpc) is 3.32. The number of nitrogens with one attached hydrogen (secondary N) is 1. The monoisotopic (exact) mass is 930 g/mol. The SMILES string of the molecule is CCCCCCCC/C=C\CCCCCCCCCCCC(=O)OCCCCCCCCCCCCCCCCCC(=O)NC(CO)C(O)/C=C/CCCCCCCCCCCCCCC. The summed E-state index contributed by atoms with van der Waals surface area (Å²) in [5.74, 6) is -0.0757. The number of carbonyl (C=O) groups is 2. The molecule has 0 fully saturated rings. The molecule has 0 spiro atoms. The molecule has 3 N–H and O–H groups in total. The summed E-state index contributed by atoms with van der Waals surface area (Å²) < 4.78 is 5.49. The zero-order chi connectivity index (χ0) is 47.9. The molecule has 0 rings (SSSR count). The van der Waals surface area contributed by atoms with Crippen LogP contribution in [0.5, 0.6) is 0 Å². The lowest BCUT2D eigenvalue weighted by Gasteiger charge is -2.20. The van der Waals surface area contributed by atoms with Crippen LogP contribution < -0.4 is 5.32 Å². The number of allylic oxidation sites excluding steroid dienone is 3. The molecule has 0 saturated carbocycles. The van der Waals surface area contributed by atoms with Crippen LogP contribution in [-0.4, -0.2) is 47.4 Å². The summed E-state index contributed by atoms with van der Waals surface area (Å²) in [4.78, 5) is 24.5. The maximum Gasteiger partial charge on any atom is 0.305 e. The Hall–Kier alpha value is -1.66. The Labute approximate surface area is 411 Å². The maximum atomic E-state index is 12.5. The number of aliphatic hydroxyl groups excluding tert-OH is 2. The summed E-state index contributed by atoms with van der Waals surface area (Å²) in [7, 11) is 0. The van der Waals surface area contributed by atoms with E-state index in [-0.39, 0.29) is 18.5 Å². The predicted molar refractivity (Wildman–Crippen MR) is 287 cm³/mol.